The first kappa shape index (κ1) is 20.1. The van der Waals surface area contributed by atoms with Gasteiger partial charge >= 0.3 is 0 Å². The third kappa shape index (κ3) is 7.62. The summed E-state index contributed by atoms with van der Waals surface area (Å²) in [5.41, 5.74) is 1.03. The molecular weight excluding hydrogens is 316 g/mol. The highest BCUT2D eigenvalue weighted by Crippen LogP contribution is 2.02. The van der Waals surface area contributed by atoms with Gasteiger partial charge in [0.2, 0.25) is 5.91 Å². The van der Waals surface area contributed by atoms with Crippen LogP contribution in [0.3, 0.4) is 0 Å². The Kier molecular flexibility index (Phi) is 10.3. The number of rotatable bonds is 5. The fourth-order valence-corrected chi connectivity index (χ4v) is 2.13. The minimum Gasteiger partial charge on any atom is -0.355 e. The molecule has 0 saturated carbocycles. The SMILES string of the molecule is Cl.Cl.O=C(CN1CCNCC1)NCCc1ccc(F)cc1. The van der Waals surface area contributed by atoms with Crippen LogP contribution in [0, 0.1) is 5.82 Å². The molecule has 7 heteroatoms. The molecule has 2 rings (SSSR count). The van der Waals surface area contributed by atoms with Gasteiger partial charge in [0.05, 0.1) is 6.54 Å². The Morgan fingerprint density at radius 2 is 1.81 bits per heavy atom. The van der Waals surface area contributed by atoms with Crippen LogP contribution in [0.2, 0.25) is 0 Å². The van der Waals surface area contributed by atoms with E-state index < -0.39 is 0 Å². The fourth-order valence-electron chi connectivity index (χ4n) is 2.13. The highest BCUT2D eigenvalue weighted by Gasteiger charge is 2.12. The van der Waals surface area contributed by atoms with E-state index in [9.17, 15) is 9.18 Å². The average Bonchev–Trinajstić information content (AvgIpc) is 2.42. The molecule has 1 amide bonds. The Balaban J connectivity index is 0.00000200. The van der Waals surface area contributed by atoms with Crippen LogP contribution < -0.4 is 10.6 Å². The van der Waals surface area contributed by atoms with Gasteiger partial charge in [0.15, 0.2) is 0 Å². The predicted molar refractivity (Wildman–Crippen MR) is 86.9 cm³/mol. The highest BCUT2D eigenvalue weighted by atomic mass is 35.5. The number of amides is 1. The maximum Gasteiger partial charge on any atom is 0.234 e. The Bertz CT molecular complexity index is 411. The molecule has 120 valence electrons. The van der Waals surface area contributed by atoms with Gasteiger partial charge in [-0.15, -0.1) is 24.8 Å². The molecule has 2 N–H and O–H groups in total. The van der Waals surface area contributed by atoms with Gasteiger partial charge in [-0.2, -0.15) is 0 Å². The monoisotopic (exact) mass is 337 g/mol. The molecule has 21 heavy (non-hydrogen) atoms. The number of halogens is 3. The summed E-state index contributed by atoms with van der Waals surface area (Å²) in [5, 5.41) is 6.15. The van der Waals surface area contributed by atoms with E-state index in [0.29, 0.717) is 13.1 Å². The van der Waals surface area contributed by atoms with Crippen LogP contribution in [0.25, 0.3) is 0 Å². The molecule has 0 atom stereocenters. The van der Waals surface area contributed by atoms with Crippen molar-refractivity contribution in [3.8, 4) is 0 Å². The lowest BCUT2D eigenvalue weighted by Crippen LogP contribution is -2.47. The first-order valence-electron chi connectivity index (χ1n) is 6.68. The maximum atomic E-state index is 12.7. The van der Waals surface area contributed by atoms with E-state index in [-0.39, 0.29) is 36.5 Å². The Hall–Kier alpha value is -0.880. The van der Waals surface area contributed by atoms with Crippen LogP contribution in [0.5, 0.6) is 0 Å². The Labute approximate surface area is 137 Å². The number of nitrogens with one attached hydrogen (secondary N) is 2. The van der Waals surface area contributed by atoms with Crippen LogP contribution in [-0.2, 0) is 11.2 Å². The van der Waals surface area contributed by atoms with Gasteiger partial charge in [-0.25, -0.2) is 4.39 Å². The molecule has 1 saturated heterocycles. The van der Waals surface area contributed by atoms with Gasteiger partial charge < -0.3 is 10.6 Å². The molecule has 0 spiro atoms. The number of carbonyl (C=O) groups is 1. The molecule has 1 fully saturated rings. The van der Waals surface area contributed by atoms with Crippen molar-refractivity contribution in [2.24, 2.45) is 0 Å². The van der Waals surface area contributed by atoms with Gasteiger partial charge in [0, 0.05) is 32.7 Å². The zero-order chi connectivity index (χ0) is 13.5. The second-order valence-corrected chi connectivity index (χ2v) is 4.75. The summed E-state index contributed by atoms with van der Waals surface area (Å²) in [6.45, 7) is 4.80. The molecule has 1 aliphatic heterocycles. The van der Waals surface area contributed by atoms with Crippen molar-refractivity contribution in [1.82, 2.24) is 15.5 Å². The topological polar surface area (TPSA) is 44.4 Å². The van der Waals surface area contributed by atoms with Crippen LogP contribution in [0.4, 0.5) is 4.39 Å². The summed E-state index contributed by atoms with van der Waals surface area (Å²) in [6.07, 6.45) is 0.730. The van der Waals surface area contributed by atoms with Gasteiger partial charge in [-0.3, -0.25) is 9.69 Å². The summed E-state index contributed by atoms with van der Waals surface area (Å²) in [7, 11) is 0. The zero-order valence-corrected chi connectivity index (χ0v) is 13.4. The van der Waals surface area contributed by atoms with Crippen LogP contribution in [0.15, 0.2) is 24.3 Å². The van der Waals surface area contributed by atoms with Gasteiger partial charge in [-0.1, -0.05) is 12.1 Å². The Morgan fingerprint density at radius 1 is 1.19 bits per heavy atom. The number of hydrogen-bond acceptors (Lipinski definition) is 3. The summed E-state index contributed by atoms with van der Waals surface area (Å²) < 4.78 is 12.7. The largest absolute Gasteiger partial charge is 0.355 e. The van der Waals surface area contributed by atoms with Gasteiger partial charge in [0.1, 0.15) is 5.82 Å². The van der Waals surface area contributed by atoms with Crippen molar-refractivity contribution in [2.75, 3.05) is 39.3 Å². The van der Waals surface area contributed by atoms with Crippen molar-refractivity contribution in [1.29, 1.82) is 0 Å². The van der Waals surface area contributed by atoms with E-state index in [4.69, 9.17) is 0 Å². The van der Waals surface area contributed by atoms with E-state index in [1.807, 2.05) is 0 Å². The minimum atomic E-state index is -0.230. The van der Waals surface area contributed by atoms with Crippen LogP contribution in [0.1, 0.15) is 5.56 Å². The van der Waals surface area contributed by atoms with E-state index in [1.165, 1.54) is 12.1 Å². The van der Waals surface area contributed by atoms with E-state index in [2.05, 4.69) is 15.5 Å². The van der Waals surface area contributed by atoms with Crippen molar-refractivity contribution < 1.29 is 9.18 Å². The van der Waals surface area contributed by atoms with E-state index in [0.717, 1.165) is 38.2 Å². The second kappa shape index (κ2) is 10.8. The Morgan fingerprint density at radius 3 is 2.43 bits per heavy atom. The molecule has 4 nitrogen and oxygen atoms in total. The highest BCUT2D eigenvalue weighted by molar-refractivity contribution is 5.85. The molecule has 0 bridgehead atoms. The second-order valence-electron chi connectivity index (χ2n) is 4.75. The van der Waals surface area contributed by atoms with Crippen molar-refractivity contribution in [3.05, 3.63) is 35.6 Å². The number of piperazine rings is 1. The third-order valence-electron chi connectivity index (χ3n) is 3.23. The fraction of sp³-hybridized carbons (Fsp3) is 0.500. The third-order valence-corrected chi connectivity index (χ3v) is 3.23. The van der Waals surface area contributed by atoms with Gasteiger partial charge in [-0.05, 0) is 24.1 Å². The van der Waals surface area contributed by atoms with Crippen LogP contribution in [-0.4, -0.2) is 50.1 Å². The molecule has 1 aromatic rings. The molecular formula is C14H22Cl2FN3O. The van der Waals surface area contributed by atoms with Crippen molar-refractivity contribution in [3.63, 3.8) is 0 Å². The first-order valence-corrected chi connectivity index (χ1v) is 6.68. The lowest BCUT2D eigenvalue weighted by Gasteiger charge is -2.26. The molecule has 1 aromatic carbocycles. The maximum absolute atomic E-state index is 12.7. The molecule has 1 aliphatic rings. The minimum absolute atomic E-state index is 0. The van der Waals surface area contributed by atoms with E-state index >= 15 is 0 Å². The summed E-state index contributed by atoms with van der Waals surface area (Å²) in [4.78, 5) is 13.9. The number of hydrogen-bond donors (Lipinski definition) is 2. The molecule has 0 radical (unpaired) electrons. The summed E-state index contributed by atoms with van der Waals surface area (Å²) >= 11 is 0. The lowest BCUT2D eigenvalue weighted by atomic mass is 10.1. The summed E-state index contributed by atoms with van der Waals surface area (Å²) in [6, 6.07) is 6.38. The molecule has 0 aromatic heterocycles. The van der Waals surface area contributed by atoms with Crippen molar-refractivity contribution in [2.45, 2.75) is 6.42 Å². The quantitative estimate of drug-likeness (QED) is 0.849. The first-order chi connectivity index (χ1) is 9.24. The standard InChI is InChI=1S/C14H20FN3O.2ClH/c15-13-3-1-12(2-4-13)5-6-17-14(19)11-18-9-7-16-8-10-18;;/h1-4,16H,5-11H2,(H,17,19);2*1H. The van der Waals surface area contributed by atoms with E-state index in [1.54, 1.807) is 12.1 Å². The molecule has 0 aliphatic carbocycles. The smallest absolute Gasteiger partial charge is 0.234 e. The molecule has 1 heterocycles. The lowest BCUT2D eigenvalue weighted by molar-refractivity contribution is -0.122. The normalized spacial score (nSPS) is 14.7. The molecule has 0 unspecified atom stereocenters. The zero-order valence-electron chi connectivity index (χ0n) is 11.8. The predicted octanol–water partition coefficient (Wildman–Crippen LogP) is 1.23. The van der Waals surface area contributed by atoms with Crippen molar-refractivity contribution >= 4 is 30.7 Å². The van der Waals surface area contributed by atoms with Gasteiger partial charge in [0.25, 0.3) is 0 Å². The number of benzene rings is 1. The number of nitrogens with zero attached hydrogens (tertiary/aromatic N) is 1. The van der Waals surface area contributed by atoms with Crippen LogP contribution >= 0.6 is 24.8 Å². The number of carbonyl (C=O) groups excluding carboxylic acids is 1. The summed E-state index contributed by atoms with van der Waals surface area (Å²) in [5.74, 6) is -0.171. The average molecular weight is 338 g/mol.